The maximum absolute atomic E-state index is 11.7. The van der Waals surface area contributed by atoms with Crippen LogP contribution in [0.4, 0.5) is 10.6 Å². The molecule has 0 aliphatic carbocycles. The highest BCUT2D eigenvalue weighted by molar-refractivity contribution is 5.85. The summed E-state index contributed by atoms with van der Waals surface area (Å²) in [6.07, 6.45) is 1.21. The highest BCUT2D eigenvalue weighted by Gasteiger charge is 2.14. The Bertz CT molecular complexity index is 572. The van der Waals surface area contributed by atoms with Crippen molar-refractivity contribution < 1.29 is 9.53 Å². The zero-order valence-corrected chi connectivity index (χ0v) is 11.9. The van der Waals surface area contributed by atoms with Crippen LogP contribution in [0.5, 0.6) is 5.75 Å². The predicted octanol–water partition coefficient (Wildman–Crippen LogP) is 3.99. The van der Waals surface area contributed by atoms with Gasteiger partial charge in [0, 0.05) is 6.20 Å². The summed E-state index contributed by atoms with van der Waals surface area (Å²) in [4.78, 5) is 15.9. The van der Waals surface area contributed by atoms with Gasteiger partial charge < -0.3 is 4.74 Å². The van der Waals surface area contributed by atoms with Gasteiger partial charge in [-0.3, -0.25) is 5.32 Å². The number of nitrogens with zero attached hydrogens (tertiary/aromatic N) is 1. The molecule has 0 unspecified atom stereocenters. The van der Waals surface area contributed by atoms with E-state index in [-0.39, 0.29) is 5.41 Å². The zero-order valence-electron chi connectivity index (χ0n) is 11.9. The minimum Gasteiger partial charge on any atom is -0.410 e. The van der Waals surface area contributed by atoms with E-state index >= 15 is 0 Å². The van der Waals surface area contributed by atoms with E-state index in [0.29, 0.717) is 11.6 Å². The van der Waals surface area contributed by atoms with Crippen molar-refractivity contribution in [2.75, 3.05) is 5.32 Å². The fourth-order valence-corrected chi connectivity index (χ4v) is 1.64. The second-order valence-corrected chi connectivity index (χ2v) is 5.51. The monoisotopic (exact) mass is 270 g/mol. The lowest BCUT2D eigenvalue weighted by atomic mass is 9.88. The fourth-order valence-electron chi connectivity index (χ4n) is 1.64. The van der Waals surface area contributed by atoms with Gasteiger partial charge in [-0.2, -0.15) is 0 Å². The van der Waals surface area contributed by atoms with Gasteiger partial charge in [0.2, 0.25) is 0 Å². The highest BCUT2D eigenvalue weighted by Crippen LogP contribution is 2.22. The van der Waals surface area contributed by atoms with Gasteiger partial charge in [-0.05, 0) is 29.2 Å². The molecule has 0 saturated heterocycles. The average molecular weight is 270 g/mol. The average Bonchev–Trinajstić information content (AvgIpc) is 2.39. The lowest BCUT2D eigenvalue weighted by Crippen LogP contribution is -2.18. The molecule has 0 spiro atoms. The van der Waals surface area contributed by atoms with Crippen LogP contribution in [0.15, 0.2) is 48.7 Å². The quantitative estimate of drug-likeness (QED) is 0.897. The van der Waals surface area contributed by atoms with Gasteiger partial charge in [0.05, 0.1) is 0 Å². The first-order valence-electron chi connectivity index (χ1n) is 6.45. The number of hydrogen-bond donors (Lipinski definition) is 1. The van der Waals surface area contributed by atoms with Gasteiger partial charge >= 0.3 is 6.09 Å². The fraction of sp³-hybridized carbons (Fsp3) is 0.250. The first-order valence-corrected chi connectivity index (χ1v) is 6.45. The molecule has 104 valence electrons. The number of ether oxygens (including phenoxy) is 1. The summed E-state index contributed by atoms with van der Waals surface area (Å²) >= 11 is 0. The van der Waals surface area contributed by atoms with Crippen LogP contribution >= 0.6 is 0 Å². The van der Waals surface area contributed by atoms with Crippen LogP contribution in [0, 0.1) is 0 Å². The zero-order chi connectivity index (χ0) is 14.6. The van der Waals surface area contributed by atoms with Crippen molar-refractivity contribution in [1.82, 2.24) is 4.98 Å². The first-order chi connectivity index (χ1) is 9.45. The van der Waals surface area contributed by atoms with Crippen molar-refractivity contribution in [3.05, 3.63) is 54.2 Å². The molecule has 4 heteroatoms. The number of hydrogen-bond acceptors (Lipinski definition) is 3. The Hall–Kier alpha value is -2.36. The lowest BCUT2D eigenvalue weighted by molar-refractivity contribution is 0.215. The standard InChI is InChI=1S/C16H18N2O2/c1-16(2,3)12-9-10-14(17-11-12)18-15(19)20-13-7-5-4-6-8-13/h4-11H,1-3H3,(H,17,18,19). The summed E-state index contributed by atoms with van der Waals surface area (Å²) in [5.74, 6) is 0.968. The van der Waals surface area contributed by atoms with E-state index in [9.17, 15) is 4.79 Å². The molecule has 1 N–H and O–H groups in total. The number of carbonyl (C=O) groups excluding carboxylic acids is 1. The van der Waals surface area contributed by atoms with Crippen LogP contribution < -0.4 is 10.1 Å². The lowest BCUT2D eigenvalue weighted by Gasteiger charge is -2.18. The molecule has 2 aromatic rings. The van der Waals surface area contributed by atoms with E-state index in [1.807, 2.05) is 12.1 Å². The van der Waals surface area contributed by atoms with Gasteiger partial charge in [0.1, 0.15) is 11.6 Å². The summed E-state index contributed by atoms with van der Waals surface area (Å²) in [6, 6.07) is 12.6. The number of nitrogens with one attached hydrogen (secondary N) is 1. The molecule has 1 aromatic carbocycles. The number of para-hydroxylation sites is 1. The third-order valence-electron chi connectivity index (χ3n) is 2.81. The second kappa shape index (κ2) is 5.74. The number of rotatable bonds is 2. The van der Waals surface area contributed by atoms with Crippen LogP contribution in [-0.2, 0) is 5.41 Å². The van der Waals surface area contributed by atoms with Gasteiger partial charge in [0.25, 0.3) is 0 Å². The van der Waals surface area contributed by atoms with Gasteiger partial charge in [0.15, 0.2) is 0 Å². The minimum absolute atomic E-state index is 0.0378. The van der Waals surface area contributed by atoms with E-state index in [1.54, 1.807) is 36.5 Å². The van der Waals surface area contributed by atoms with Crippen LogP contribution in [0.25, 0.3) is 0 Å². The van der Waals surface area contributed by atoms with Crippen molar-refractivity contribution >= 4 is 11.9 Å². The molecule has 0 aliphatic heterocycles. The van der Waals surface area contributed by atoms with E-state index in [0.717, 1.165) is 5.56 Å². The number of carbonyl (C=O) groups is 1. The number of benzene rings is 1. The largest absolute Gasteiger partial charge is 0.418 e. The smallest absolute Gasteiger partial charge is 0.410 e. The highest BCUT2D eigenvalue weighted by atomic mass is 16.6. The molecule has 0 radical (unpaired) electrons. The van der Waals surface area contributed by atoms with E-state index < -0.39 is 6.09 Å². The molecular formula is C16H18N2O2. The van der Waals surface area contributed by atoms with Crippen molar-refractivity contribution in [2.24, 2.45) is 0 Å². The Morgan fingerprint density at radius 3 is 2.35 bits per heavy atom. The third-order valence-corrected chi connectivity index (χ3v) is 2.81. The molecule has 2 rings (SSSR count). The van der Waals surface area contributed by atoms with Crippen molar-refractivity contribution in [1.29, 1.82) is 0 Å². The molecule has 4 nitrogen and oxygen atoms in total. The Kier molecular flexibility index (Phi) is 4.03. The van der Waals surface area contributed by atoms with Gasteiger partial charge in [-0.25, -0.2) is 9.78 Å². The first kappa shape index (κ1) is 14.1. The molecule has 0 saturated carbocycles. The van der Waals surface area contributed by atoms with E-state index in [1.165, 1.54) is 0 Å². The molecule has 20 heavy (non-hydrogen) atoms. The summed E-state index contributed by atoms with van der Waals surface area (Å²) in [7, 11) is 0. The summed E-state index contributed by atoms with van der Waals surface area (Å²) in [6.45, 7) is 6.34. The Balaban J connectivity index is 1.98. The maximum atomic E-state index is 11.7. The second-order valence-electron chi connectivity index (χ2n) is 5.51. The van der Waals surface area contributed by atoms with Crippen LogP contribution in [0.2, 0.25) is 0 Å². The molecule has 1 amide bonds. The van der Waals surface area contributed by atoms with Gasteiger partial charge in [-0.15, -0.1) is 0 Å². The Morgan fingerprint density at radius 2 is 1.80 bits per heavy atom. The summed E-state index contributed by atoms with van der Waals surface area (Å²) < 4.78 is 5.13. The summed E-state index contributed by atoms with van der Waals surface area (Å²) in [5, 5.41) is 2.60. The number of pyridine rings is 1. The molecule has 0 atom stereocenters. The number of anilines is 1. The van der Waals surface area contributed by atoms with Crippen LogP contribution in [0.3, 0.4) is 0 Å². The van der Waals surface area contributed by atoms with Crippen molar-refractivity contribution in [2.45, 2.75) is 26.2 Å². The van der Waals surface area contributed by atoms with Crippen molar-refractivity contribution in [3.63, 3.8) is 0 Å². The molecule has 0 bridgehead atoms. The molecule has 1 aromatic heterocycles. The molecular weight excluding hydrogens is 252 g/mol. The van der Waals surface area contributed by atoms with E-state index in [4.69, 9.17) is 4.74 Å². The number of aromatic nitrogens is 1. The predicted molar refractivity (Wildman–Crippen MR) is 79.0 cm³/mol. The topological polar surface area (TPSA) is 51.2 Å². The molecule has 0 fully saturated rings. The Morgan fingerprint density at radius 1 is 1.10 bits per heavy atom. The molecule has 0 aliphatic rings. The van der Waals surface area contributed by atoms with Gasteiger partial charge in [-0.1, -0.05) is 45.0 Å². The number of amides is 1. The molecule has 1 heterocycles. The van der Waals surface area contributed by atoms with E-state index in [2.05, 4.69) is 31.1 Å². The maximum Gasteiger partial charge on any atom is 0.418 e. The summed E-state index contributed by atoms with van der Waals surface area (Å²) in [5.41, 5.74) is 1.15. The van der Waals surface area contributed by atoms with Crippen LogP contribution in [0.1, 0.15) is 26.3 Å². The third kappa shape index (κ3) is 3.82. The van der Waals surface area contributed by atoms with Crippen molar-refractivity contribution in [3.8, 4) is 5.75 Å². The normalized spacial score (nSPS) is 10.9. The Labute approximate surface area is 118 Å². The van der Waals surface area contributed by atoms with Crippen LogP contribution in [-0.4, -0.2) is 11.1 Å². The minimum atomic E-state index is -0.549. The SMILES string of the molecule is CC(C)(C)c1ccc(NC(=O)Oc2ccccc2)nc1.